The fourth-order valence-corrected chi connectivity index (χ4v) is 1.43. The van der Waals surface area contributed by atoms with Gasteiger partial charge in [0.2, 0.25) is 0 Å². The van der Waals surface area contributed by atoms with E-state index < -0.39 is 11.7 Å². The van der Waals surface area contributed by atoms with Gasteiger partial charge in [0, 0.05) is 0 Å². The van der Waals surface area contributed by atoms with Gasteiger partial charge < -0.3 is 14.6 Å². The molecule has 0 radical (unpaired) electrons. The molecule has 0 saturated carbocycles. The fraction of sp³-hybridized carbons (Fsp3) is 0.0769. The zero-order valence-electron chi connectivity index (χ0n) is 9.58. The van der Waals surface area contributed by atoms with Crippen LogP contribution in [0, 0.1) is 6.92 Å². The monoisotopic (exact) mass is 244 g/mol. The molecule has 2 aromatic rings. The smallest absolute Gasteiger partial charge is 0.335 e. The number of rotatable bonds is 3. The maximum absolute atomic E-state index is 11.2. The summed E-state index contributed by atoms with van der Waals surface area (Å²) in [7, 11) is 0. The summed E-state index contributed by atoms with van der Waals surface area (Å²) in [6.07, 6.45) is 1.47. The molecule has 0 atom stereocenters. The molecule has 1 aromatic carbocycles. The summed E-state index contributed by atoms with van der Waals surface area (Å²) in [6.45, 7) is 1.81. The molecule has 0 spiro atoms. The van der Waals surface area contributed by atoms with Crippen molar-refractivity contribution in [2.24, 2.45) is 4.99 Å². The first-order valence-electron chi connectivity index (χ1n) is 5.21. The Morgan fingerprint density at radius 3 is 2.78 bits per heavy atom. The van der Waals surface area contributed by atoms with Crippen molar-refractivity contribution in [1.82, 2.24) is 0 Å². The van der Waals surface area contributed by atoms with E-state index in [-0.39, 0.29) is 5.56 Å². The Bertz CT molecular complexity index is 613. The number of hydrogen-bond acceptors (Lipinski definition) is 4. The predicted molar refractivity (Wildman–Crippen MR) is 63.5 cm³/mol. The van der Waals surface area contributed by atoms with Gasteiger partial charge >= 0.3 is 5.97 Å². The van der Waals surface area contributed by atoms with Crippen molar-refractivity contribution in [3.8, 4) is 5.75 Å². The van der Waals surface area contributed by atoms with Crippen LogP contribution in [-0.2, 0) is 0 Å². The van der Waals surface area contributed by atoms with Crippen molar-refractivity contribution in [3.05, 3.63) is 47.4 Å². The number of carboxylic acids is 1. The quantitative estimate of drug-likeness (QED) is 0.838. The van der Waals surface area contributed by atoms with Crippen LogP contribution in [0.5, 0.6) is 5.75 Å². The number of aliphatic imine (C=N–C) groups is 1. The summed E-state index contributed by atoms with van der Waals surface area (Å²) in [6, 6.07) is 7.42. The third-order valence-corrected chi connectivity index (χ3v) is 2.30. The first-order chi connectivity index (χ1) is 8.56. The second-order valence-corrected chi connectivity index (χ2v) is 3.69. The Hall–Kier alpha value is -2.56. The SMILES string of the molecule is Cc1ccc(C=Nc2ccc([O-])c(C(=O)O)c2)o1. The molecular weight excluding hydrogens is 234 g/mol. The average Bonchev–Trinajstić information content (AvgIpc) is 2.74. The van der Waals surface area contributed by atoms with E-state index in [2.05, 4.69) is 4.99 Å². The summed E-state index contributed by atoms with van der Waals surface area (Å²) in [5, 5.41) is 20.0. The molecule has 0 saturated heterocycles. The van der Waals surface area contributed by atoms with Crippen molar-refractivity contribution in [3.63, 3.8) is 0 Å². The highest BCUT2D eigenvalue weighted by Gasteiger charge is 2.04. The minimum absolute atomic E-state index is 0.291. The van der Waals surface area contributed by atoms with Crippen LogP contribution in [0.15, 0.2) is 39.7 Å². The zero-order chi connectivity index (χ0) is 13.1. The summed E-state index contributed by atoms with van der Waals surface area (Å²) in [5.41, 5.74) is 0.0985. The first-order valence-corrected chi connectivity index (χ1v) is 5.21. The third-order valence-electron chi connectivity index (χ3n) is 2.30. The Morgan fingerprint density at radius 2 is 2.17 bits per heavy atom. The van der Waals surface area contributed by atoms with Crippen molar-refractivity contribution in [2.75, 3.05) is 0 Å². The normalized spacial score (nSPS) is 10.9. The number of hydrogen-bond donors (Lipinski definition) is 1. The van der Waals surface area contributed by atoms with Gasteiger partial charge in [-0.05, 0) is 31.2 Å². The van der Waals surface area contributed by atoms with Crippen LogP contribution in [0.25, 0.3) is 0 Å². The summed E-state index contributed by atoms with van der Waals surface area (Å²) >= 11 is 0. The number of carboxylic acid groups (broad SMARTS) is 1. The molecule has 0 aliphatic rings. The molecule has 0 bridgehead atoms. The van der Waals surface area contributed by atoms with Gasteiger partial charge in [-0.1, -0.05) is 11.8 Å². The van der Waals surface area contributed by atoms with Crippen molar-refractivity contribution < 1.29 is 19.4 Å². The highest BCUT2D eigenvalue weighted by atomic mass is 16.4. The highest BCUT2D eigenvalue weighted by molar-refractivity contribution is 5.92. The molecule has 0 fully saturated rings. The Balaban J connectivity index is 2.27. The van der Waals surface area contributed by atoms with E-state index in [1.165, 1.54) is 24.4 Å². The minimum atomic E-state index is -1.26. The number of aromatic carboxylic acids is 1. The minimum Gasteiger partial charge on any atom is -0.872 e. The molecule has 18 heavy (non-hydrogen) atoms. The Morgan fingerprint density at radius 1 is 1.39 bits per heavy atom. The molecule has 5 heteroatoms. The third kappa shape index (κ3) is 2.57. The summed E-state index contributed by atoms with van der Waals surface area (Å²) < 4.78 is 5.28. The number of nitrogens with zero attached hydrogens (tertiary/aromatic N) is 1. The molecule has 2 rings (SSSR count). The molecule has 1 heterocycles. The van der Waals surface area contributed by atoms with Crippen LogP contribution in [0.3, 0.4) is 0 Å². The first kappa shape index (κ1) is 11.9. The van der Waals surface area contributed by atoms with E-state index in [1.54, 1.807) is 12.1 Å². The fourth-order valence-electron chi connectivity index (χ4n) is 1.43. The Labute approximate surface area is 103 Å². The largest absolute Gasteiger partial charge is 0.872 e. The van der Waals surface area contributed by atoms with Gasteiger partial charge in [-0.25, -0.2) is 4.79 Å². The number of carbonyl (C=O) groups is 1. The van der Waals surface area contributed by atoms with E-state index in [0.717, 1.165) is 5.76 Å². The molecule has 5 nitrogen and oxygen atoms in total. The average molecular weight is 244 g/mol. The molecule has 1 N–H and O–H groups in total. The van der Waals surface area contributed by atoms with Gasteiger partial charge in [0.25, 0.3) is 0 Å². The molecule has 92 valence electrons. The van der Waals surface area contributed by atoms with E-state index in [1.807, 2.05) is 6.92 Å². The lowest BCUT2D eigenvalue weighted by Gasteiger charge is -2.09. The second kappa shape index (κ2) is 4.75. The van der Waals surface area contributed by atoms with Crippen LogP contribution in [0.2, 0.25) is 0 Å². The molecule has 0 amide bonds. The number of aryl methyl sites for hydroxylation is 1. The lowest BCUT2D eigenvalue weighted by molar-refractivity contribution is -0.268. The van der Waals surface area contributed by atoms with Gasteiger partial charge in [0.15, 0.2) is 0 Å². The van der Waals surface area contributed by atoms with Crippen LogP contribution < -0.4 is 5.11 Å². The standard InChI is InChI=1S/C13H11NO4/c1-8-2-4-10(18-8)7-14-9-3-5-12(15)11(6-9)13(16)17/h2-7,15H,1H3,(H,16,17)/p-1. The maximum atomic E-state index is 11.2. The predicted octanol–water partition coefficient (Wildman–Crippen LogP) is 2.11. The van der Waals surface area contributed by atoms with Gasteiger partial charge in [-0.15, -0.1) is 0 Å². The lowest BCUT2D eigenvalue weighted by atomic mass is 10.2. The van der Waals surface area contributed by atoms with Gasteiger partial charge in [-0.2, -0.15) is 0 Å². The van der Waals surface area contributed by atoms with Crippen molar-refractivity contribution in [2.45, 2.75) is 6.92 Å². The van der Waals surface area contributed by atoms with Crippen LogP contribution in [-0.4, -0.2) is 17.3 Å². The van der Waals surface area contributed by atoms with E-state index in [0.29, 0.717) is 11.4 Å². The molecule has 1 aromatic heterocycles. The topological polar surface area (TPSA) is 85.9 Å². The van der Waals surface area contributed by atoms with Gasteiger partial charge in [0.05, 0.1) is 17.5 Å². The molecule has 0 aliphatic carbocycles. The Kier molecular flexibility index (Phi) is 3.14. The zero-order valence-corrected chi connectivity index (χ0v) is 9.58. The van der Waals surface area contributed by atoms with Crippen LogP contribution >= 0.6 is 0 Å². The van der Waals surface area contributed by atoms with E-state index in [4.69, 9.17) is 9.52 Å². The van der Waals surface area contributed by atoms with Crippen LogP contribution in [0.4, 0.5) is 5.69 Å². The lowest BCUT2D eigenvalue weighted by Crippen LogP contribution is -2.02. The highest BCUT2D eigenvalue weighted by Crippen LogP contribution is 2.21. The van der Waals surface area contributed by atoms with Crippen molar-refractivity contribution in [1.29, 1.82) is 0 Å². The number of benzene rings is 1. The number of furan rings is 1. The molecule has 0 aliphatic heterocycles. The van der Waals surface area contributed by atoms with Gasteiger partial charge in [-0.3, -0.25) is 4.99 Å². The van der Waals surface area contributed by atoms with E-state index >= 15 is 0 Å². The van der Waals surface area contributed by atoms with Crippen molar-refractivity contribution >= 4 is 17.9 Å². The second-order valence-electron chi connectivity index (χ2n) is 3.69. The van der Waals surface area contributed by atoms with Gasteiger partial charge in [0.1, 0.15) is 11.5 Å². The summed E-state index contributed by atoms with van der Waals surface area (Å²) in [4.78, 5) is 14.8. The maximum Gasteiger partial charge on any atom is 0.335 e. The van der Waals surface area contributed by atoms with Crippen LogP contribution in [0.1, 0.15) is 21.9 Å². The molecule has 0 unspecified atom stereocenters. The molecular formula is C13H10NO4-. The summed E-state index contributed by atoms with van der Waals surface area (Å²) in [5.74, 6) is -0.464. The van der Waals surface area contributed by atoms with E-state index in [9.17, 15) is 9.90 Å².